The smallest absolute Gasteiger partial charge is 0.409 e. The first-order chi connectivity index (χ1) is 12.5. The Labute approximate surface area is 149 Å². The number of anilines is 1. The summed E-state index contributed by atoms with van der Waals surface area (Å²) in [5, 5.41) is 9.80. The summed E-state index contributed by atoms with van der Waals surface area (Å²) < 4.78 is 4.74. The monoisotopic (exact) mass is 354 g/mol. The number of ether oxygens (including phenoxy) is 1. The third kappa shape index (κ3) is 3.30. The van der Waals surface area contributed by atoms with Crippen molar-refractivity contribution in [3.63, 3.8) is 0 Å². The fourth-order valence-corrected chi connectivity index (χ4v) is 2.90. The molecule has 1 aliphatic rings. The van der Waals surface area contributed by atoms with Crippen molar-refractivity contribution in [1.82, 2.24) is 14.9 Å². The minimum absolute atomic E-state index is 0.122. The van der Waals surface area contributed by atoms with Crippen molar-refractivity contribution in [3.05, 3.63) is 29.6 Å². The van der Waals surface area contributed by atoms with Crippen LogP contribution in [0, 0.1) is 11.3 Å². The van der Waals surface area contributed by atoms with Crippen molar-refractivity contribution in [3.8, 4) is 6.07 Å². The highest BCUT2D eigenvalue weighted by molar-refractivity contribution is 6.03. The zero-order chi connectivity index (χ0) is 18.7. The molecule has 2 aromatic rings. The maximum absolute atomic E-state index is 11.6. The van der Waals surface area contributed by atoms with Gasteiger partial charge in [-0.1, -0.05) is 0 Å². The fraction of sp³-hybridized carbons (Fsp3) is 0.294. The highest BCUT2D eigenvalue weighted by Crippen LogP contribution is 2.25. The number of amides is 2. The lowest BCUT2D eigenvalue weighted by atomic mass is 10.1. The predicted octanol–water partition coefficient (Wildman–Crippen LogP) is 0.844. The highest BCUT2D eigenvalue weighted by Gasteiger charge is 2.22. The summed E-state index contributed by atoms with van der Waals surface area (Å²) in [6.45, 7) is 2.43. The molecule has 9 nitrogen and oxygen atoms in total. The lowest BCUT2D eigenvalue weighted by Gasteiger charge is -2.35. The van der Waals surface area contributed by atoms with Gasteiger partial charge in [0.1, 0.15) is 17.3 Å². The lowest BCUT2D eigenvalue weighted by Crippen LogP contribution is -2.48. The van der Waals surface area contributed by atoms with E-state index in [1.807, 2.05) is 6.07 Å². The maximum atomic E-state index is 11.6. The fourth-order valence-electron chi connectivity index (χ4n) is 2.90. The summed E-state index contributed by atoms with van der Waals surface area (Å²) >= 11 is 0. The van der Waals surface area contributed by atoms with Crippen LogP contribution in [0.5, 0.6) is 0 Å². The first-order valence-corrected chi connectivity index (χ1v) is 8.00. The van der Waals surface area contributed by atoms with Gasteiger partial charge in [-0.2, -0.15) is 5.26 Å². The summed E-state index contributed by atoms with van der Waals surface area (Å²) in [5.74, 6) is -0.773. The molecule has 9 heteroatoms. The number of piperazine rings is 1. The number of fused-ring (bicyclic) bond motifs is 1. The molecular formula is C17H18N6O3. The van der Waals surface area contributed by atoms with E-state index in [4.69, 9.17) is 15.7 Å². The first kappa shape index (κ1) is 17.3. The second-order valence-electron chi connectivity index (χ2n) is 5.81. The third-order valence-electron chi connectivity index (χ3n) is 4.31. The largest absolute Gasteiger partial charge is 0.453 e. The van der Waals surface area contributed by atoms with Gasteiger partial charge in [-0.25, -0.2) is 9.78 Å². The number of aromatic nitrogens is 2. The van der Waals surface area contributed by atoms with E-state index >= 15 is 0 Å². The van der Waals surface area contributed by atoms with Gasteiger partial charge in [-0.15, -0.1) is 0 Å². The van der Waals surface area contributed by atoms with Crippen LogP contribution >= 0.6 is 0 Å². The van der Waals surface area contributed by atoms with E-state index in [0.29, 0.717) is 37.4 Å². The molecule has 134 valence electrons. The minimum atomic E-state index is -0.773. The molecule has 0 radical (unpaired) electrons. The zero-order valence-corrected chi connectivity index (χ0v) is 14.2. The number of hydrogen-bond acceptors (Lipinski definition) is 6. The Morgan fingerprint density at radius 3 is 2.73 bits per heavy atom. The number of methoxy groups -OCH3 is 1. The van der Waals surface area contributed by atoms with E-state index in [2.05, 4.69) is 14.9 Å². The standard InChI is InChI=1S/C17H18N6O3/c1-26-17(25)23-4-2-22(3-5-23)13-7-14-12(6-11(8-18)15(19)24)9-20-16(14)21-10-13/h6-7,9-10H,2-5H2,1H3,(H2,19,24)(H,20,21)/b11-6-. The number of hydrogen-bond donors (Lipinski definition) is 2. The van der Waals surface area contributed by atoms with Crippen LogP contribution in [-0.2, 0) is 9.53 Å². The van der Waals surface area contributed by atoms with Crippen LogP contribution in [0.1, 0.15) is 5.56 Å². The molecule has 2 aromatic heterocycles. The summed E-state index contributed by atoms with van der Waals surface area (Å²) in [6, 6.07) is 3.73. The number of H-pyrrole nitrogens is 1. The topological polar surface area (TPSA) is 128 Å². The SMILES string of the molecule is COC(=O)N1CCN(c2cnc3[nH]cc(/C=C(/C#N)C(N)=O)c3c2)CC1. The average Bonchev–Trinajstić information content (AvgIpc) is 3.07. The molecule has 3 rings (SSSR count). The van der Waals surface area contributed by atoms with Gasteiger partial charge in [0, 0.05) is 43.3 Å². The van der Waals surface area contributed by atoms with Crippen LogP contribution in [0.4, 0.5) is 10.5 Å². The molecular weight excluding hydrogens is 336 g/mol. The van der Waals surface area contributed by atoms with Gasteiger partial charge in [0.05, 0.1) is 19.0 Å². The number of carbonyl (C=O) groups excluding carboxylic acids is 2. The highest BCUT2D eigenvalue weighted by atomic mass is 16.5. The molecule has 0 atom stereocenters. The summed E-state index contributed by atoms with van der Waals surface area (Å²) in [5.41, 5.74) is 7.29. The van der Waals surface area contributed by atoms with E-state index in [9.17, 15) is 9.59 Å². The summed E-state index contributed by atoms with van der Waals surface area (Å²) in [7, 11) is 1.37. The van der Waals surface area contributed by atoms with Crippen molar-refractivity contribution in [2.24, 2.45) is 5.73 Å². The Morgan fingerprint density at radius 2 is 2.12 bits per heavy atom. The van der Waals surface area contributed by atoms with Gasteiger partial charge in [0.25, 0.3) is 5.91 Å². The third-order valence-corrected chi connectivity index (χ3v) is 4.31. The molecule has 0 aromatic carbocycles. The van der Waals surface area contributed by atoms with Crippen LogP contribution in [-0.4, -0.2) is 60.2 Å². The van der Waals surface area contributed by atoms with Crippen LogP contribution in [0.2, 0.25) is 0 Å². The quantitative estimate of drug-likeness (QED) is 0.621. The number of nitrogens with two attached hydrogens (primary N) is 1. The van der Waals surface area contributed by atoms with Crippen molar-refractivity contribution in [1.29, 1.82) is 5.26 Å². The Kier molecular flexibility index (Phi) is 4.75. The maximum Gasteiger partial charge on any atom is 0.409 e. The molecule has 0 saturated carbocycles. The van der Waals surface area contributed by atoms with E-state index in [1.54, 1.807) is 23.4 Å². The number of pyridine rings is 1. The molecule has 0 spiro atoms. The molecule has 3 N–H and O–H groups in total. The Bertz CT molecular complexity index is 918. The van der Waals surface area contributed by atoms with E-state index in [-0.39, 0.29) is 11.7 Å². The normalized spacial score (nSPS) is 15.0. The van der Waals surface area contributed by atoms with Gasteiger partial charge in [0.15, 0.2) is 0 Å². The molecule has 2 amide bonds. The van der Waals surface area contributed by atoms with Crippen LogP contribution < -0.4 is 10.6 Å². The molecule has 0 bridgehead atoms. The molecule has 1 aliphatic heterocycles. The number of rotatable bonds is 3. The van der Waals surface area contributed by atoms with E-state index in [0.717, 1.165) is 11.1 Å². The molecule has 1 saturated heterocycles. The Morgan fingerprint density at radius 1 is 1.38 bits per heavy atom. The number of nitrogens with one attached hydrogen (secondary N) is 1. The molecule has 1 fully saturated rings. The van der Waals surface area contributed by atoms with Gasteiger partial charge in [0.2, 0.25) is 0 Å². The number of nitriles is 1. The van der Waals surface area contributed by atoms with Crippen molar-refractivity contribution in [2.75, 3.05) is 38.2 Å². The minimum Gasteiger partial charge on any atom is -0.453 e. The van der Waals surface area contributed by atoms with Gasteiger partial charge in [-0.05, 0) is 12.1 Å². The molecule has 3 heterocycles. The number of aromatic amines is 1. The summed E-state index contributed by atoms with van der Waals surface area (Å²) in [4.78, 5) is 34.0. The Balaban J connectivity index is 1.86. The lowest BCUT2D eigenvalue weighted by molar-refractivity contribution is -0.114. The van der Waals surface area contributed by atoms with Crippen LogP contribution in [0.15, 0.2) is 24.0 Å². The zero-order valence-electron chi connectivity index (χ0n) is 14.2. The van der Waals surface area contributed by atoms with Gasteiger partial charge in [-0.3, -0.25) is 4.79 Å². The molecule has 0 unspecified atom stereocenters. The predicted molar refractivity (Wildman–Crippen MR) is 95.1 cm³/mol. The van der Waals surface area contributed by atoms with Crippen LogP contribution in [0.25, 0.3) is 17.1 Å². The van der Waals surface area contributed by atoms with Crippen molar-refractivity contribution in [2.45, 2.75) is 0 Å². The van der Waals surface area contributed by atoms with Crippen LogP contribution in [0.3, 0.4) is 0 Å². The number of primary amides is 1. The summed E-state index contributed by atoms with van der Waals surface area (Å²) in [6.07, 6.45) is 4.55. The number of nitrogens with zero attached hydrogens (tertiary/aromatic N) is 4. The van der Waals surface area contributed by atoms with E-state index in [1.165, 1.54) is 13.2 Å². The van der Waals surface area contributed by atoms with Crippen molar-refractivity contribution >= 4 is 34.8 Å². The average molecular weight is 354 g/mol. The van der Waals surface area contributed by atoms with Gasteiger partial charge >= 0.3 is 6.09 Å². The molecule has 26 heavy (non-hydrogen) atoms. The second kappa shape index (κ2) is 7.14. The van der Waals surface area contributed by atoms with Gasteiger partial charge < -0.3 is 25.3 Å². The van der Waals surface area contributed by atoms with E-state index < -0.39 is 5.91 Å². The first-order valence-electron chi connectivity index (χ1n) is 8.00. The Hall–Kier alpha value is -3.54. The van der Waals surface area contributed by atoms with Crippen molar-refractivity contribution < 1.29 is 14.3 Å². The number of carbonyl (C=O) groups is 2. The molecule has 0 aliphatic carbocycles. The second-order valence-corrected chi connectivity index (χ2v) is 5.81.